The van der Waals surface area contributed by atoms with Crippen molar-refractivity contribution >= 4 is 11.9 Å². The zero-order valence-corrected chi connectivity index (χ0v) is 23.5. The Labute approximate surface area is 212 Å². The summed E-state index contributed by atoms with van der Waals surface area (Å²) in [5, 5.41) is 0. The van der Waals surface area contributed by atoms with Gasteiger partial charge in [0.15, 0.2) is 0 Å². The Kier molecular flexibility index (Phi) is 22.9. The van der Waals surface area contributed by atoms with E-state index in [9.17, 15) is 9.59 Å². The van der Waals surface area contributed by atoms with Gasteiger partial charge in [-0.2, -0.15) is 0 Å². The Morgan fingerprint density at radius 1 is 0.647 bits per heavy atom. The summed E-state index contributed by atoms with van der Waals surface area (Å²) in [5.41, 5.74) is 0. The van der Waals surface area contributed by atoms with Crippen LogP contribution in [-0.2, 0) is 19.1 Å². The largest absolute Gasteiger partial charge is 0.465 e. The van der Waals surface area contributed by atoms with Crippen molar-refractivity contribution in [3.8, 4) is 0 Å². The summed E-state index contributed by atoms with van der Waals surface area (Å²) in [5.74, 6) is 0.253. The highest BCUT2D eigenvalue weighted by molar-refractivity contribution is 5.72. The van der Waals surface area contributed by atoms with Gasteiger partial charge in [0.1, 0.15) is 0 Å². The maximum absolute atomic E-state index is 12.0. The molecule has 0 amide bonds. The number of carbonyl (C=O) groups is 2. The molecule has 202 valence electrons. The summed E-state index contributed by atoms with van der Waals surface area (Å²) in [6.07, 6.45) is 22.1. The molecule has 0 heterocycles. The van der Waals surface area contributed by atoms with Crippen LogP contribution < -0.4 is 0 Å². The summed E-state index contributed by atoms with van der Waals surface area (Å²) in [6.45, 7) is 11.2. The molecule has 0 saturated heterocycles. The summed E-state index contributed by atoms with van der Waals surface area (Å²) in [6, 6.07) is 0. The van der Waals surface area contributed by atoms with E-state index in [1.807, 2.05) is 20.8 Å². The Morgan fingerprint density at radius 3 is 1.56 bits per heavy atom. The standard InChI is InChI=1S/C30H58O4/c1-6-8-9-10-11-12-13-14-15-16-17-18-19-20-21-22-29(31)34-25-28(7-2)23-24-33-30(32)27(5)26(3)4/h26-28H,6-25H2,1-5H3. The van der Waals surface area contributed by atoms with Gasteiger partial charge in [0.25, 0.3) is 0 Å². The number of rotatable bonds is 24. The van der Waals surface area contributed by atoms with Gasteiger partial charge in [-0.1, -0.05) is 125 Å². The van der Waals surface area contributed by atoms with Gasteiger partial charge in [0, 0.05) is 6.42 Å². The molecule has 0 aromatic heterocycles. The van der Waals surface area contributed by atoms with Crippen LogP contribution in [0.2, 0.25) is 0 Å². The summed E-state index contributed by atoms with van der Waals surface area (Å²) in [4.78, 5) is 24.0. The minimum absolute atomic E-state index is 0.0761. The minimum atomic E-state index is -0.130. The molecule has 0 rings (SSSR count). The van der Waals surface area contributed by atoms with Crippen molar-refractivity contribution in [2.45, 2.75) is 150 Å². The van der Waals surface area contributed by atoms with Crippen LogP contribution in [0.1, 0.15) is 150 Å². The molecule has 0 fully saturated rings. The number of ether oxygens (including phenoxy) is 2. The first-order valence-electron chi connectivity index (χ1n) is 14.7. The van der Waals surface area contributed by atoms with Gasteiger partial charge in [-0.3, -0.25) is 9.59 Å². The molecule has 0 aromatic carbocycles. The van der Waals surface area contributed by atoms with Crippen LogP contribution >= 0.6 is 0 Å². The van der Waals surface area contributed by atoms with Crippen LogP contribution in [-0.4, -0.2) is 25.2 Å². The summed E-state index contributed by atoms with van der Waals surface area (Å²) < 4.78 is 10.9. The lowest BCUT2D eigenvalue weighted by Crippen LogP contribution is -2.22. The molecule has 4 heteroatoms. The second-order valence-electron chi connectivity index (χ2n) is 10.6. The van der Waals surface area contributed by atoms with Crippen molar-refractivity contribution < 1.29 is 19.1 Å². The van der Waals surface area contributed by atoms with E-state index >= 15 is 0 Å². The Hall–Kier alpha value is -1.06. The molecule has 0 aliphatic heterocycles. The second kappa shape index (κ2) is 23.7. The van der Waals surface area contributed by atoms with E-state index in [0.29, 0.717) is 19.6 Å². The molecule has 2 unspecified atom stereocenters. The van der Waals surface area contributed by atoms with E-state index in [0.717, 1.165) is 25.7 Å². The van der Waals surface area contributed by atoms with Crippen molar-refractivity contribution in [2.75, 3.05) is 13.2 Å². The molecule has 0 spiro atoms. The topological polar surface area (TPSA) is 52.6 Å². The van der Waals surface area contributed by atoms with Gasteiger partial charge in [0.05, 0.1) is 19.1 Å². The van der Waals surface area contributed by atoms with Crippen LogP contribution in [0.3, 0.4) is 0 Å². The zero-order valence-electron chi connectivity index (χ0n) is 23.5. The van der Waals surface area contributed by atoms with Crippen molar-refractivity contribution in [1.82, 2.24) is 0 Å². The maximum atomic E-state index is 12.0. The van der Waals surface area contributed by atoms with E-state index in [4.69, 9.17) is 9.47 Å². The number of unbranched alkanes of at least 4 members (excludes halogenated alkanes) is 14. The molecular formula is C30H58O4. The highest BCUT2D eigenvalue weighted by Crippen LogP contribution is 2.16. The zero-order chi connectivity index (χ0) is 25.4. The second-order valence-corrected chi connectivity index (χ2v) is 10.6. The molecule has 0 bridgehead atoms. The summed E-state index contributed by atoms with van der Waals surface area (Å²) in [7, 11) is 0. The van der Waals surface area contributed by atoms with Crippen LogP contribution in [0, 0.1) is 17.8 Å². The smallest absolute Gasteiger partial charge is 0.308 e. The van der Waals surface area contributed by atoms with Gasteiger partial charge < -0.3 is 9.47 Å². The molecule has 0 saturated carbocycles. The fourth-order valence-corrected chi connectivity index (χ4v) is 4.06. The van der Waals surface area contributed by atoms with Gasteiger partial charge in [-0.25, -0.2) is 0 Å². The lowest BCUT2D eigenvalue weighted by molar-refractivity contribution is -0.151. The normalized spacial score (nSPS) is 13.1. The monoisotopic (exact) mass is 482 g/mol. The Bertz CT molecular complexity index is 474. The van der Waals surface area contributed by atoms with Crippen molar-refractivity contribution in [2.24, 2.45) is 17.8 Å². The SMILES string of the molecule is CCCCCCCCCCCCCCCCCC(=O)OCC(CC)CCOC(=O)C(C)C(C)C. The predicted molar refractivity (Wildman–Crippen MR) is 144 cm³/mol. The third-order valence-electron chi connectivity index (χ3n) is 7.18. The molecule has 0 aromatic rings. The molecule has 0 aliphatic carbocycles. The number of hydrogen-bond acceptors (Lipinski definition) is 4. The van der Waals surface area contributed by atoms with E-state index in [1.165, 1.54) is 83.5 Å². The quantitative estimate of drug-likeness (QED) is 0.102. The molecule has 0 aliphatic rings. The lowest BCUT2D eigenvalue weighted by Gasteiger charge is -2.17. The van der Waals surface area contributed by atoms with Gasteiger partial charge in [0.2, 0.25) is 0 Å². The maximum Gasteiger partial charge on any atom is 0.308 e. The first-order valence-corrected chi connectivity index (χ1v) is 14.7. The first kappa shape index (κ1) is 32.9. The van der Waals surface area contributed by atoms with Crippen molar-refractivity contribution in [1.29, 1.82) is 0 Å². The third kappa shape index (κ3) is 20.3. The molecule has 0 radical (unpaired) electrons. The van der Waals surface area contributed by atoms with Crippen LogP contribution in [0.15, 0.2) is 0 Å². The number of esters is 2. The van der Waals surface area contributed by atoms with Crippen LogP contribution in [0.5, 0.6) is 0 Å². The molecule has 34 heavy (non-hydrogen) atoms. The highest BCUT2D eigenvalue weighted by atomic mass is 16.5. The molecule has 4 nitrogen and oxygen atoms in total. The highest BCUT2D eigenvalue weighted by Gasteiger charge is 2.19. The van der Waals surface area contributed by atoms with Crippen LogP contribution in [0.25, 0.3) is 0 Å². The lowest BCUT2D eigenvalue weighted by atomic mass is 9.98. The van der Waals surface area contributed by atoms with E-state index in [-0.39, 0.29) is 29.7 Å². The van der Waals surface area contributed by atoms with E-state index < -0.39 is 0 Å². The minimum Gasteiger partial charge on any atom is -0.465 e. The fraction of sp³-hybridized carbons (Fsp3) is 0.933. The average Bonchev–Trinajstić information content (AvgIpc) is 2.82. The predicted octanol–water partition coefficient (Wildman–Crippen LogP) is 9.04. The average molecular weight is 483 g/mol. The van der Waals surface area contributed by atoms with Crippen molar-refractivity contribution in [3.63, 3.8) is 0 Å². The first-order chi connectivity index (χ1) is 16.4. The fourth-order valence-electron chi connectivity index (χ4n) is 4.06. The van der Waals surface area contributed by atoms with Gasteiger partial charge >= 0.3 is 11.9 Å². The Morgan fingerprint density at radius 2 is 1.12 bits per heavy atom. The van der Waals surface area contributed by atoms with Crippen molar-refractivity contribution in [3.05, 3.63) is 0 Å². The van der Waals surface area contributed by atoms with E-state index in [2.05, 4.69) is 13.8 Å². The summed E-state index contributed by atoms with van der Waals surface area (Å²) >= 11 is 0. The molecular weight excluding hydrogens is 424 g/mol. The number of hydrogen-bond donors (Lipinski definition) is 0. The van der Waals surface area contributed by atoms with Crippen LogP contribution in [0.4, 0.5) is 0 Å². The van der Waals surface area contributed by atoms with Gasteiger partial charge in [-0.15, -0.1) is 0 Å². The van der Waals surface area contributed by atoms with E-state index in [1.54, 1.807) is 0 Å². The third-order valence-corrected chi connectivity index (χ3v) is 7.18. The molecule has 2 atom stereocenters. The van der Waals surface area contributed by atoms with Gasteiger partial charge in [-0.05, 0) is 31.1 Å². The Balaban J connectivity index is 3.53. The number of carbonyl (C=O) groups excluding carboxylic acids is 2. The molecule has 0 N–H and O–H groups in total.